The lowest BCUT2D eigenvalue weighted by Crippen LogP contribution is -2.30. The number of nitrogens with two attached hydrogens (primary N) is 1. The SMILES string of the molecule is CC1(C(N)c2cc(F)c(F)cc2F)CCCC1. The fourth-order valence-corrected chi connectivity index (χ4v) is 2.65. The quantitative estimate of drug-likeness (QED) is 0.788. The molecule has 1 nitrogen and oxygen atoms in total. The summed E-state index contributed by atoms with van der Waals surface area (Å²) >= 11 is 0. The van der Waals surface area contributed by atoms with Crippen molar-refractivity contribution in [2.45, 2.75) is 38.6 Å². The molecule has 0 bridgehead atoms. The molecular weight excluding hydrogens is 227 g/mol. The maximum atomic E-state index is 13.6. The van der Waals surface area contributed by atoms with Gasteiger partial charge >= 0.3 is 0 Å². The van der Waals surface area contributed by atoms with Gasteiger partial charge in [0.1, 0.15) is 5.82 Å². The van der Waals surface area contributed by atoms with Gasteiger partial charge in [0.25, 0.3) is 0 Å². The molecule has 1 aliphatic carbocycles. The molecule has 1 aromatic carbocycles. The number of benzene rings is 1. The van der Waals surface area contributed by atoms with Crippen LogP contribution in [0.1, 0.15) is 44.2 Å². The fraction of sp³-hybridized carbons (Fsp3) is 0.538. The number of hydrogen-bond donors (Lipinski definition) is 1. The minimum atomic E-state index is -1.17. The molecule has 0 heterocycles. The number of hydrogen-bond acceptors (Lipinski definition) is 1. The van der Waals surface area contributed by atoms with Crippen LogP contribution in [0.25, 0.3) is 0 Å². The molecule has 0 spiro atoms. The average Bonchev–Trinajstić information content (AvgIpc) is 2.71. The van der Waals surface area contributed by atoms with Gasteiger partial charge < -0.3 is 5.73 Å². The van der Waals surface area contributed by atoms with Crippen LogP contribution >= 0.6 is 0 Å². The lowest BCUT2D eigenvalue weighted by molar-refractivity contribution is 0.259. The third-order valence-electron chi connectivity index (χ3n) is 3.87. The summed E-state index contributed by atoms with van der Waals surface area (Å²) in [6.45, 7) is 1.98. The topological polar surface area (TPSA) is 26.0 Å². The molecule has 2 N–H and O–H groups in total. The van der Waals surface area contributed by atoms with E-state index in [2.05, 4.69) is 0 Å². The average molecular weight is 243 g/mol. The highest BCUT2D eigenvalue weighted by Gasteiger charge is 2.37. The smallest absolute Gasteiger partial charge is 0.161 e. The Bertz CT molecular complexity index is 425. The molecule has 1 atom stereocenters. The molecule has 17 heavy (non-hydrogen) atoms. The Hall–Kier alpha value is -1.03. The monoisotopic (exact) mass is 243 g/mol. The Kier molecular flexibility index (Phi) is 3.17. The first-order valence-corrected chi connectivity index (χ1v) is 5.84. The van der Waals surface area contributed by atoms with Crippen LogP contribution in [0.3, 0.4) is 0 Å². The maximum Gasteiger partial charge on any atom is 0.161 e. The molecule has 0 amide bonds. The number of halogens is 3. The molecular formula is C13H16F3N. The predicted molar refractivity (Wildman–Crippen MR) is 59.8 cm³/mol. The van der Waals surface area contributed by atoms with Gasteiger partial charge in [0.05, 0.1) is 0 Å². The van der Waals surface area contributed by atoms with Crippen molar-refractivity contribution >= 4 is 0 Å². The van der Waals surface area contributed by atoms with Crippen LogP contribution in [0.2, 0.25) is 0 Å². The van der Waals surface area contributed by atoms with Gasteiger partial charge in [-0.2, -0.15) is 0 Å². The third kappa shape index (κ3) is 2.18. The Balaban J connectivity index is 2.36. The summed E-state index contributed by atoms with van der Waals surface area (Å²) < 4.78 is 39.6. The lowest BCUT2D eigenvalue weighted by atomic mass is 9.77. The highest BCUT2D eigenvalue weighted by atomic mass is 19.2. The predicted octanol–water partition coefficient (Wildman–Crippen LogP) is 3.68. The van der Waals surface area contributed by atoms with E-state index in [-0.39, 0.29) is 11.0 Å². The molecule has 1 fully saturated rings. The zero-order valence-electron chi connectivity index (χ0n) is 9.77. The highest BCUT2D eigenvalue weighted by Crippen LogP contribution is 2.46. The van der Waals surface area contributed by atoms with Gasteiger partial charge in [-0.3, -0.25) is 0 Å². The van der Waals surface area contributed by atoms with E-state index in [0.29, 0.717) is 6.07 Å². The van der Waals surface area contributed by atoms with E-state index in [4.69, 9.17) is 5.73 Å². The first-order valence-electron chi connectivity index (χ1n) is 5.84. The maximum absolute atomic E-state index is 13.6. The molecule has 0 saturated heterocycles. The van der Waals surface area contributed by atoms with Gasteiger partial charge in [0.15, 0.2) is 11.6 Å². The van der Waals surface area contributed by atoms with E-state index in [1.165, 1.54) is 0 Å². The van der Waals surface area contributed by atoms with E-state index in [1.807, 2.05) is 6.92 Å². The van der Waals surface area contributed by atoms with E-state index in [9.17, 15) is 13.2 Å². The number of rotatable bonds is 2. The molecule has 1 saturated carbocycles. The minimum Gasteiger partial charge on any atom is -0.323 e. The first-order chi connectivity index (χ1) is 7.94. The Morgan fingerprint density at radius 2 is 1.59 bits per heavy atom. The zero-order valence-corrected chi connectivity index (χ0v) is 9.77. The molecule has 0 aromatic heterocycles. The van der Waals surface area contributed by atoms with Crippen LogP contribution in [0.4, 0.5) is 13.2 Å². The summed E-state index contributed by atoms with van der Waals surface area (Å²) in [7, 11) is 0. The van der Waals surface area contributed by atoms with Gasteiger partial charge in [0, 0.05) is 17.7 Å². The molecule has 94 valence electrons. The summed E-state index contributed by atoms with van der Waals surface area (Å²) in [5.74, 6) is -2.97. The molecule has 1 unspecified atom stereocenters. The second-order valence-corrected chi connectivity index (χ2v) is 5.13. The van der Waals surface area contributed by atoms with Crippen LogP contribution in [-0.4, -0.2) is 0 Å². The molecule has 1 aromatic rings. The van der Waals surface area contributed by atoms with Crippen molar-refractivity contribution in [3.8, 4) is 0 Å². The van der Waals surface area contributed by atoms with E-state index in [1.54, 1.807) is 0 Å². The lowest BCUT2D eigenvalue weighted by Gasteiger charge is -2.31. The summed E-state index contributed by atoms with van der Waals surface area (Å²) in [5, 5.41) is 0. The van der Waals surface area contributed by atoms with E-state index >= 15 is 0 Å². The molecule has 4 heteroatoms. The van der Waals surface area contributed by atoms with Crippen molar-refractivity contribution < 1.29 is 13.2 Å². The van der Waals surface area contributed by atoms with Gasteiger partial charge in [-0.1, -0.05) is 19.8 Å². The van der Waals surface area contributed by atoms with Crippen LogP contribution in [0, 0.1) is 22.9 Å². The molecule has 1 aliphatic rings. The van der Waals surface area contributed by atoms with Crippen molar-refractivity contribution in [3.05, 3.63) is 35.1 Å². The van der Waals surface area contributed by atoms with Gasteiger partial charge in [0.2, 0.25) is 0 Å². The van der Waals surface area contributed by atoms with Crippen LogP contribution in [0.5, 0.6) is 0 Å². The van der Waals surface area contributed by atoms with E-state index < -0.39 is 23.5 Å². The Morgan fingerprint density at radius 1 is 1.06 bits per heavy atom. The Morgan fingerprint density at radius 3 is 2.18 bits per heavy atom. The minimum absolute atomic E-state index is 0.0771. The van der Waals surface area contributed by atoms with Crippen molar-refractivity contribution in [2.75, 3.05) is 0 Å². The highest BCUT2D eigenvalue weighted by molar-refractivity contribution is 5.25. The van der Waals surface area contributed by atoms with Crippen molar-refractivity contribution in [1.82, 2.24) is 0 Å². The largest absolute Gasteiger partial charge is 0.323 e. The summed E-state index contributed by atoms with van der Waals surface area (Å²) in [5.41, 5.74) is 5.89. The van der Waals surface area contributed by atoms with Gasteiger partial charge in [-0.15, -0.1) is 0 Å². The van der Waals surface area contributed by atoms with Crippen molar-refractivity contribution in [1.29, 1.82) is 0 Å². The van der Waals surface area contributed by atoms with Gasteiger partial charge in [-0.25, -0.2) is 13.2 Å². The van der Waals surface area contributed by atoms with Crippen molar-refractivity contribution in [2.24, 2.45) is 11.1 Å². The zero-order chi connectivity index (χ0) is 12.6. The molecule has 0 radical (unpaired) electrons. The summed E-state index contributed by atoms with van der Waals surface area (Å²) in [6.07, 6.45) is 3.89. The first kappa shape index (κ1) is 12.4. The second kappa shape index (κ2) is 4.33. The van der Waals surface area contributed by atoms with Gasteiger partial charge in [-0.05, 0) is 24.3 Å². The summed E-state index contributed by atoms with van der Waals surface area (Å²) in [6, 6.07) is 0.877. The normalized spacial score (nSPS) is 20.5. The second-order valence-electron chi connectivity index (χ2n) is 5.13. The van der Waals surface area contributed by atoms with Crippen LogP contribution < -0.4 is 5.73 Å². The van der Waals surface area contributed by atoms with E-state index in [0.717, 1.165) is 31.7 Å². The standard InChI is InChI=1S/C13H16F3N/c1-13(4-2-3-5-13)12(17)8-6-10(15)11(16)7-9(8)14/h6-7,12H,2-5,17H2,1H3. The van der Waals surface area contributed by atoms with Crippen LogP contribution in [-0.2, 0) is 0 Å². The fourth-order valence-electron chi connectivity index (χ4n) is 2.65. The van der Waals surface area contributed by atoms with Crippen molar-refractivity contribution in [3.63, 3.8) is 0 Å². The molecule has 0 aliphatic heterocycles. The summed E-state index contributed by atoms with van der Waals surface area (Å²) in [4.78, 5) is 0. The van der Waals surface area contributed by atoms with Crippen LogP contribution in [0.15, 0.2) is 12.1 Å². The Labute approximate surface area is 98.8 Å². The molecule has 2 rings (SSSR count). The third-order valence-corrected chi connectivity index (χ3v) is 3.87.